The predicted molar refractivity (Wildman–Crippen MR) is 64.7 cm³/mol. The Morgan fingerprint density at radius 3 is 2.35 bits per heavy atom. The third-order valence-corrected chi connectivity index (χ3v) is 4.12. The minimum Gasteiger partial charge on any atom is -0.468 e. The average molecular weight is 241 g/mol. The molecule has 2 aliphatic rings. The average Bonchev–Trinajstić information content (AvgIpc) is 3.20. The van der Waals surface area contributed by atoms with Crippen molar-refractivity contribution < 1.29 is 14.3 Å². The highest BCUT2D eigenvalue weighted by Gasteiger charge is 2.43. The van der Waals surface area contributed by atoms with Gasteiger partial charge in [0.25, 0.3) is 0 Å². The van der Waals surface area contributed by atoms with E-state index in [9.17, 15) is 4.79 Å². The molecular formula is C13H23NO3. The lowest BCUT2D eigenvalue weighted by atomic mass is 9.80. The lowest BCUT2D eigenvalue weighted by molar-refractivity contribution is -0.151. The van der Waals surface area contributed by atoms with Crippen LogP contribution in [0, 0.1) is 5.92 Å². The molecule has 2 saturated carbocycles. The SMILES string of the molecule is COC(=O)C1(NCC2CC2)CCC(OC)CC1. The Bertz CT molecular complexity index is 268. The number of nitrogens with one attached hydrogen (secondary N) is 1. The second kappa shape index (κ2) is 5.36. The largest absolute Gasteiger partial charge is 0.468 e. The Hall–Kier alpha value is -0.610. The maximum Gasteiger partial charge on any atom is 0.326 e. The van der Waals surface area contributed by atoms with E-state index in [-0.39, 0.29) is 5.97 Å². The van der Waals surface area contributed by atoms with Crippen LogP contribution in [0.4, 0.5) is 0 Å². The zero-order valence-electron chi connectivity index (χ0n) is 10.8. The van der Waals surface area contributed by atoms with Crippen LogP contribution in [0.1, 0.15) is 38.5 Å². The molecule has 0 unspecified atom stereocenters. The molecular weight excluding hydrogens is 218 g/mol. The number of hydrogen-bond acceptors (Lipinski definition) is 4. The summed E-state index contributed by atoms with van der Waals surface area (Å²) in [6.07, 6.45) is 6.41. The van der Waals surface area contributed by atoms with Gasteiger partial charge in [-0.05, 0) is 51.0 Å². The van der Waals surface area contributed by atoms with Gasteiger partial charge >= 0.3 is 5.97 Å². The quantitative estimate of drug-likeness (QED) is 0.741. The van der Waals surface area contributed by atoms with Gasteiger partial charge in [0.2, 0.25) is 0 Å². The van der Waals surface area contributed by atoms with Crippen molar-refractivity contribution in [3.05, 3.63) is 0 Å². The molecule has 0 aromatic rings. The van der Waals surface area contributed by atoms with Crippen molar-refractivity contribution >= 4 is 5.97 Å². The van der Waals surface area contributed by atoms with E-state index in [0.29, 0.717) is 6.10 Å². The Morgan fingerprint density at radius 1 is 1.24 bits per heavy atom. The van der Waals surface area contributed by atoms with Crippen LogP contribution in [0.2, 0.25) is 0 Å². The van der Waals surface area contributed by atoms with E-state index in [1.807, 2.05) is 0 Å². The second-order valence-electron chi connectivity index (χ2n) is 5.33. The number of ether oxygens (including phenoxy) is 2. The smallest absolute Gasteiger partial charge is 0.326 e. The van der Waals surface area contributed by atoms with E-state index >= 15 is 0 Å². The Kier molecular flexibility index (Phi) is 4.05. The van der Waals surface area contributed by atoms with Crippen LogP contribution >= 0.6 is 0 Å². The molecule has 4 heteroatoms. The van der Waals surface area contributed by atoms with Crippen molar-refractivity contribution in [2.24, 2.45) is 5.92 Å². The first kappa shape index (κ1) is 12.8. The lowest BCUT2D eigenvalue weighted by Crippen LogP contribution is -2.56. The standard InChI is InChI=1S/C13H23NO3/c1-16-11-5-7-13(8-6-11,12(15)17-2)14-9-10-3-4-10/h10-11,14H,3-9H2,1-2H3. The summed E-state index contributed by atoms with van der Waals surface area (Å²) in [5.74, 6) is 0.671. The fraction of sp³-hybridized carbons (Fsp3) is 0.923. The number of hydrogen-bond donors (Lipinski definition) is 1. The highest BCUT2D eigenvalue weighted by molar-refractivity contribution is 5.80. The number of esters is 1. The van der Waals surface area contributed by atoms with Crippen molar-refractivity contribution in [2.75, 3.05) is 20.8 Å². The summed E-state index contributed by atoms with van der Waals surface area (Å²) in [5, 5.41) is 3.46. The van der Waals surface area contributed by atoms with Crippen molar-refractivity contribution in [2.45, 2.75) is 50.2 Å². The van der Waals surface area contributed by atoms with Gasteiger partial charge < -0.3 is 14.8 Å². The van der Waals surface area contributed by atoms with Gasteiger partial charge in [-0.2, -0.15) is 0 Å². The van der Waals surface area contributed by atoms with Gasteiger partial charge in [-0.25, -0.2) is 0 Å². The Morgan fingerprint density at radius 2 is 1.88 bits per heavy atom. The molecule has 2 aliphatic carbocycles. The minimum atomic E-state index is -0.452. The number of methoxy groups -OCH3 is 2. The van der Waals surface area contributed by atoms with E-state index in [4.69, 9.17) is 9.47 Å². The molecule has 0 heterocycles. The summed E-state index contributed by atoms with van der Waals surface area (Å²) in [5.41, 5.74) is -0.452. The molecule has 0 radical (unpaired) electrons. The highest BCUT2D eigenvalue weighted by atomic mass is 16.5. The normalized spacial score (nSPS) is 33.4. The Balaban J connectivity index is 1.94. The third kappa shape index (κ3) is 2.99. The van der Waals surface area contributed by atoms with Gasteiger partial charge in [-0.3, -0.25) is 4.79 Å². The molecule has 0 bridgehead atoms. The van der Waals surface area contributed by atoms with Crippen LogP contribution in [-0.2, 0) is 14.3 Å². The molecule has 0 saturated heterocycles. The van der Waals surface area contributed by atoms with Crippen molar-refractivity contribution in [3.8, 4) is 0 Å². The first-order valence-electron chi connectivity index (χ1n) is 6.56. The molecule has 0 aliphatic heterocycles. The third-order valence-electron chi connectivity index (χ3n) is 4.12. The van der Waals surface area contributed by atoms with E-state index in [1.165, 1.54) is 20.0 Å². The van der Waals surface area contributed by atoms with Crippen molar-refractivity contribution in [1.29, 1.82) is 0 Å². The highest BCUT2D eigenvalue weighted by Crippen LogP contribution is 2.33. The molecule has 0 spiro atoms. The molecule has 17 heavy (non-hydrogen) atoms. The van der Waals surface area contributed by atoms with Crippen LogP contribution in [0.25, 0.3) is 0 Å². The number of rotatable bonds is 5. The summed E-state index contributed by atoms with van der Waals surface area (Å²) in [6, 6.07) is 0. The van der Waals surface area contributed by atoms with Gasteiger partial charge in [0, 0.05) is 7.11 Å². The summed E-state index contributed by atoms with van der Waals surface area (Å²) < 4.78 is 10.3. The van der Waals surface area contributed by atoms with Crippen LogP contribution in [0.15, 0.2) is 0 Å². The molecule has 0 aromatic carbocycles. The summed E-state index contributed by atoms with van der Waals surface area (Å²) in [7, 11) is 3.22. The molecule has 1 N–H and O–H groups in total. The zero-order valence-corrected chi connectivity index (χ0v) is 10.8. The van der Waals surface area contributed by atoms with Crippen molar-refractivity contribution in [3.63, 3.8) is 0 Å². The molecule has 0 amide bonds. The summed E-state index contributed by atoms with van der Waals surface area (Å²) >= 11 is 0. The van der Waals surface area contributed by atoms with Gasteiger partial charge in [0.1, 0.15) is 5.54 Å². The van der Waals surface area contributed by atoms with Crippen molar-refractivity contribution in [1.82, 2.24) is 5.32 Å². The second-order valence-corrected chi connectivity index (χ2v) is 5.33. The van der Waals surface area contributed by atoms with E-state index in [1.54, 1.807) is 7.11 Å². The molecule has 0 aromatic heterocycles. The number of carbonyl (C=O) groups is 1. The first-order valence-corrected chi connectivity index (χ1v) is 6.56. The zero-order chi connectivity index (χ0) is 12.3. The summed E-state index contributed by atoms with van der Waals surface area (Å²) in [6.45, 7) is 0.951. The van der Waals surface area contributed by atoms with E-state index < -0.39 is 5.54 Å². The molecule has 2 rings (SSSR count). The van der Waals surface area contributed by atoms with Gasteiger partial charge in [0.15, 0.2) is 0 Å². The molecule has 0 atom stereocenters. The molecule has 4 nitrogen and oxygen atoms in total. The first-order chi connectivity index (χ1) is 8.20. The number of carbonyl (C=O) groups excluding carboxylic acids is 1. The van der Waals surface area contributed by atoms with E-state index in [0.717, 1.165) is 38.1 Å². The van der Waals surface area contributed by atoms with E-state index in [2.05, 4.69) is 5.32 Å². The molecule has 2 fully saturated rings. The summed E-state index contributed by atoms with van der Waals surface area (Å²) in [4.78, 5) is 12.0. The Labute approximate surface area is 103 Å². The molecule has 98 valence electrons. The van der Waals surface area contributed by atoms with Gasteiger partial charge in [-0.15, -0.1) is 0 Å². The van der Waals surface area contributed by atoms with Gasteiger partial charge in [-0.1, -0.05) is 0 Å². The maximum atomic E-state index is 12.0. The van der Waals surface area contributed by atoms with Crippen LogP contribution in [0.3, 0.4) is 0 Å². The maximum absolute atomic E-state index is 12.0. The topological polar surface area (TPSA) is 47.6 Å². The van der Waals surface area contributed by atoms with Crippen LogP contribution in [-0.4, -0.2) is 38.4 Å². The predicted octanol–water partition coefficient (Wildman–Crippen LogP) is 1.49. The van der Waals surface area contributed by atoms with Crippen LogP contribution in [0.5, 0.6) is 0 Å². The van der Waals surface area contributed by atoms with Crippen LogP contribution < -0.4 is 5.32 Å². The minimum absolute atomic E-state index is 0.104. The lowest BCUT2D eigenvalue weighted by Gasteiger charge is -2.38. The monoisotopic (exact) mass is 241 g/mol. The fourth-order valence-electron chi connectivity index (χ4n) is 2.63. The van der Waals surface area contributed by atoms with Gasteiger partial charge in [0.05, 0.1) is 13.2 Å². The fourth-order valence-corrected chi connectivity index (χ4v) is 2.63.